The Labute approximate surface area is 114 Å². The number of aryl methyl sites for hydroxylation is 1. The first-order valence-corrected chi connectivity index (χ1v) is 7.01. The van der Waals surface area contributed by atoms with Crippen LogP contribution in [0.1, 0.15) is 15.6 Å². The standard InChI is InChI=1S/C13H14N2O3S/c1-9-14-10(8-19-9)11-2-3-12(18-11)13(16)15-4-6-17-7-5-15/h2-3,8H,4-7H2,1H3. The smallest absolute Gasteiger partial charge is 0.289 e. The number of ether oxygens (including phenoxy) is 1. The number of hydrogen-bond acceptors (Lipinski definition) is 5. The fourth-order valence-electron chi connectivity index (χ4n) is 1.99. The van der Waals surface area contributed by atoms with E-state index in [1.165, 1.54) is 0 Å². The summed E-state index contributed by atoms with van der Waals surface area (Å²) in [5.41, 5.74) is 0.781. The van der Waals surface area contributed by atoms with E-state index in [1.54, 1.807) is 28.4 Å². The molecule has 0 radical (unpaired) electrons. The molecule has 1 amide bonds. The van der Waals surface area contributed by atoms with E-state index < -0.39 is 0 Å². The van der Waals surface area contributed by atoms with Gasteiger partial charge in [-0.15, -0.1) is 11.3 Å². The van der Waals surface area contributed by atoms with Crippen molar-refractivity contribution < 1.29 is 13.9 Å². The van der Waals surface area contributed by atoms with Gasteiger partial charge in [0.15, 0.2) is 11.5 Å². The molecule has 2 aromatic rings. The lowest BCUT2D eigenvalue weighted by atomic mass is 10.3. The second kappa shape index (κ2) is 5.14. The SMILES string of the molecule is Cc1nc(-c2ccc(C(=O)N3CCOCC3)o2)cs1. The molecule has 0 N–H and O–H groups in total. The Bertz CT molecular complexity index is 584. The molecular weight excluding hydrogens is 264 g/mol. The number of morpholine rings is 1. The van der Waals surface area contributed by atoms with E-state index in [0.717, 1.165) is 10.7 Å². The molecule has 3 rings (SSSR count). The molecule has 100 valence electrons. The predicted molar refractivity (Wildman–Crippen MR) is 71.3 cm³/mol. The molecule has 19 heavy (non-hydrogen) atoms. The zero-order valence-electron chi connectivity index (χ0n) is 10.6. The maximum atomic E-state index is 12.2. The van der Waals surface area contributed by atoms with Crippen molar-refractivity contribution in [3.8, 4) is 11.5 Å². The number of hydrogen-bond donors (Lipinski definition) is 0. The van der Waals surface area contributed by atoms with Crippen LogP contribution in [-0.2, 0) is 4.74 Å². The molecule has 0 unspecified atom stereocenters. The number of aromatic nitrogens is 1. The molecule has 2 aromatic heterocycles. The van der Waals surface area contributed by atoms with Gasteiger partial charge >= 0.3 is 0 Å². The van der Waals surface area contributed by atoms with E-state index in [0.29, 0.717) is 37.8 Å². The molecule has 0 atom stereocenters. The summed E-state index contributed by atoms with van der Waals surface area (Å²) in [5.74, 6) is 0.921. The van der Waals surface area contributed by atoms with Gasteiger partial charge in [-0.1, -0.05) is 0 Å². The molecule has 6 heteroatoms. The van der Waals surface area contributed by atoms with E-state index in [-0.39, 0.29) is 5.91 Å². The number of nitrogens with zero attached hydrogens (tertiary/aromatic N) is 2. The quantitative estimate of drug-likeness (QED) is 0.845. The highest BCUT2D eigenvalue weighted by atomic mass is 32.1. The van der Waals surface area contributed by atoms with Gasteiger partial charge in [0.2, 0.25) is 0 Å². The van der Waals surface area contributed by atoms with Crippen molar-refractivity contribution in [2.45, 2.75) is 6.92 Å². The number of carbonyl (C=O) groups is 1. The largest absolute Gasteiger partial charge is 0.449 e. The van der Waals surface area contributed by atoms with Gasteiger partial charge in [-0.3, -0.25) is 4.79 Å². The number of furan rings is 1. The van der Waals surface area contributed by atoms with Gasteiger partial charge in [0.25, 0.3) is 5.91 Å². The van der Waals surface area contributed by atoms with Gasteiger partial charge in [-0.2, -0.15) is 0 Å². The Morgan fingerprint density at radius 1 is 1.37 bits per heavy atom. The topological polar surface area (TPSA) is 55.6 Å². The second-order valence-corrected chi connectivity index (χ2v) is 5.38. The van der Waals surface area contributed by atoms with Crippen molar-refractivity contribution in [3.63, 3.8) is 0 Å². The summed E-state index contributed by atoms with van der Waals surface area (Å²) in [7, 11) is 0. The predicted octanol–water partition coefficient (Wildman–Crippen LogP) is 2.18. The lowest BCUT2D eigenvalue weighted by Gasteiger charge is -2.25. The summed E-state index contributed by atoms with van der Waals surface area (Å²) in [4.78, 5) is 18.3. The summed E-state index contributed by atoms with van der Waals surface area (Å²) in [6.45, 7) is 4.35. The number of thiazole rings is 1. The summed E-state index contributed by atoms with van der Waals surface area (Å²) in [5, 5.41) is 2.91. The molecule has 0 bridgehead atoms. The Morgan fingerprint density at radius 3 is 2.84 bits per heavy atom. The highest BCUT2D eigenvalue weighted by Crippen LogP contribution is 2.24. The third-order valence-corrected chi connectivity index (χ3v) is 3.76. The van der Waals surface area contributed by atoms with Crippen LogP contribution in [0.25, 0.3) is 11.5 Å². The molecule has 1 saturated heterocycles. The first-order chi connectivity index (χ1) is 9.24. The number of carbonyl (C=O) groups excluding carboxylic acids is 1. The molecule has 1 aliphatic rings. The maximum Gasteiger partial charge on any atom is 0.289 e. The lowest BCUT2D eigenvalue weighted by molar-refractivity contribution is 0.0283. The number of rotatable bonds is 2. The van der Waals surface area contributed by atoms with Gasteiger partial charge in [0.1, 0.15) is 5.69 Å². The molecular formula is C13H14N2O3S. The van der Waals surface area contributed by atoms with Gasteiger partial charge < -0.3 is 14.1 Å². The summed E-state index contributed by atoms with van der Waals surface area (Å²) in [6, 6.07) is 3.50. The van der Waals surface area contributed by atoms with E-state index in [1.807, 2.05) is 12.3 Å². The van der Waals surface area contributed by atoms with Crippen molar-refractivity contribution in [1.82, 2.24) is 9.88 Å². The molecule has 3 heterocycles. The molecule has 0 spiro atoms. The Kier molecular flexibility index (Phi) is 3.35. The minimum absolute atomic E-state index is 0.0819. The minimum Gasteiger partial charge on any atom is -0.449 e. The van der Waals surface area contributed by atoms with E-state index >= 15 is 0 Å². The first-order valence-electron chi connectivity index (χ1n) is 6.13. The fraction of sp³-hybridized carbons (Fsp3) is 0.385. The Balaban J connectivity index is 1.79. The lowest BCUT2D eigenvalue weighted by Crippen LogP contribution is -2.40. The molecule has 1 fully saturated rings. The van der Waals surface area contributed by atoms with Crippen LogP contribution in [0.2, 0.25) is 0 Å². The summed E-state index contributed by atoms with van der Waals surface area (Å²) >= 11 is 1.56. The van der Waals surface area contributed by atoms with Crippen LogP contribution in [0.5, 0.6) is 0 Å². The molecule has 0 aliphatic carbocycles. The van der Waals surface area contributed by atoms with Gasteiger partial charge in [-0.05, 0) is 19.1 Å². The van der Waals surface area contributed by atoms with E-state index in [9.17, 15) is 4.79 Å². The summed E-state index contributed by atoms with van der Waals surface area (Å²) < 4.78 is 10.8. The molecule has 1 aliphatic heterocycles. The van der Waals surface area contributed by atoms with Crippen molar-refractivity contribution in [1.29, 1.82) is 0 Å². The van der Waals surface area contributed by atoms with Crippen molar-refractivity contribution in [2.75, 3.05) is 26.3 Å². The van der Waals surface area contributed by atoms with Gasteiger partial charge in [0.05, 0.1) is 18.2 Å². The van der Waals surface area contributed by atoms with Crippen molar-refractivity contribution >= 4 is 17.2 Å². The molecule has 0 saturated carbocycles. The van der Waals surface area contributed by atoms with Crippen LogP contribution in [0, 0.1) is 6.92 Å². The Morgan fingerprint density at radius 2 is 2.16 bits per heavy atom. The third-order valence-electron chi connectivity index (χ3n) is 2.99. The van der Waals surface area contributed by atoms with Crippen LogP contribution in [0.15, 0.2) is 21.9 Å². The summed E-state index contributed by atoms with van der Waals surface area (Å²) in [6.07, 6.45) is 0. The van der Waals surface area contributed by atoms with Crippen LogP contribution in [0.3, 0.4) is 0 Å². The average Bonchev–Trinajstić information content (AvgIpc) is 3.07. The second-order valence-electron chi connectivity index (χ2n) is 4.32. The van der Waals surface area contributed by atoms with Crippen LogP contribution >= 0.6 is 11.3 Å². The van der Waals surface area contributed by atoms with Crippen LogP contribution in [-0.4, -0.2) is 42.1 Å². The molecule has 0 aromatic carbocycles. The van der Waals surface area contributed by atoms with Crippen LogP contribution in [0.4, 0.5) is 0 Å². The van der Waals surface area contributed by atoms with Gasteiger partial charge in [0, 0.05) is 18.5 Å². The van der Waals surface area contributed by atoms with Gasteiger partial charge in [-0.25, -0.2) is 4.98 Å². The van der Waals surface area contributed by atoms with E-state index in [2.05, 4.69) is 4.98 Å². The third kappa shape index (κ3) is 2.54. The van der Waals surface area contributed by atoms with Crippen molar-refractivity contribution in [3.05, 3.63) is 28.3 Å². The normalized spacial score (nSPS) is 15.7. The fourth-order valence-corrected chi connectivity index (χ4v) is 2.59. The zero-order chi connectivity index (χ0) is 13.2. The Hall–Kier alpha value is -1.66. The highest BCUT2D eigenvalue weighted by molar-refractivity contribution is 7.09. The maximum absolute atomic E-state index is 12.2. The zero-order valence-corrected chi connectivity index (χ0v) is 11.4. The van der Waals surface area contributed by atoms with Crippen LogP contribution < -0.4 is 0 Å². The monoisotopic (exact) mass is 278 g/mol. The first kappa shape index (κ1) is 12.4. The minimum atomic E-state index is -0.0819. The average molecular weight is 278 g/mol. The number of amides is 1. The highest BCUT2D eigenvalue weighted by Gasteiger charge is 2.21. The van der Waals surface area contributed by atoms with E-state index in [4.69, 9.17) is 9.15 Å². The molecule has 5 nitrogen and oxygen atoms in total. The van der Waals surface area contributed by atoms with Crippen molar-refractivity contribution in [2.24, 2.45) is 0 Å².